The van der Waals surface area contributed by atoms with Crippen molar-refractivity contribution in [3.05, 3.63) is 143 Å². The van der Waals surface area contributed by atoms with E-state index in [1.54, 1.807) is 48.9 Å². The van der Waals surface area contributed by atoms with Gasteiger partial charge in [0.15, 0.2) is 16.3 Å². The third-order valence-electron chi connectivity index (χ3n) is 6.98. The molecule has 6 rings (SSSR count). The molecule has 7 nitrogen and oxygen atoms in total. The maximum atomic E-state index is 14.0. The fourth-order valence-electron chi connectivity index (χ4n) is 4.94. The number of rotatable bonds is 9. The lowest BCUT2D eigenvalue weighted by Gasteiger charge is -2.24. The molecule has 5 aromatic rings. The Balaban J connectivity index is 1.44. The topological polar surface area (TPSA) is 79.1 Å². The molecular formula is C34H27FN2O5S2. The molecule has 0 spiro atoms. The van der Waals surface area contributed by atoms with Gasteiger partial charge in [-0.15, -0.1) is 11.3 Å². The minimum atomic E-state index is -0.695. The molecule has 3 aromatic carbocycles. The van der Waals surface area contributed by atoms with Gasteiger partial charge in [0.25, 0.3) is 5.56 Å². The standard InChI is InChI=1S/C34H27FN2O5S2/c1-3-41-33(39)29-30(23-8-5-4-6-9-23)36-34-37(31(29)27-10-7-17-43-27)32(38)28(44-34)19-22-13-16-25(26(18-22)40-2)42-20-21-11-14-24(35)15-12-21/h4-19,31H,3,20H2,1-2H3/b28-19-/t31-/m1/s1. The lowest BCUT2D eigenvalue weighted by Crippen LogP contribution is -2.39. The minimum absolute atomic E-state index is 0.192. The van der Waals surface area contributed by atoms with Crippen molar-refractivity contribution in [2.24, 2.45) is 4.99 Å². The zero-order chi connectivity index (χ0) is 30.6. The summed E-state index contributed by atoms with van der Waals surface area (Å²) in [6.07, 6.45) is 1.78. The molecule has 10 heteroatoms. The molecule has 0 unspecified atom stereocenters. The molecule has 2 aromatic heterocycles. The molecule has 1 aliphatic heterocycles. The molecule has 0 saturated carbocycles. The van der Waals surface area contributed by atoms with Gasteiger partial charge in [0.05, 0.1) is 29.5 Å². The number of ether oxygens (including phenoxy) is 3. The number of carbonyl (C=O) groups excluding carboxylic acids is 1. The average Bonchev–Trinajstić information content (AvgIpc) is 3.69. The van der Waals surface area contributed by atoms with Crippen LogP contribution in [0.2, 0.25) is 0 Å². The number of fused-ring (bicyclic) bond motifs is 1. The number of thiazole rings is 1. The van der Waals surface area contributed by atoms with Crippen LogP contribution >= 0.6 is 22.7 Å². The highest BCUT2D eigenvalue weighted by Gasteiger charge is 2.35. The molecule has 0 amide bonds. The Kier molecular flexibility index (Phi) is 8.53. The average molecular weight is 627 g/mol. The molecule has 0 aliphatic carbocycles. The number of esters is 1. The van der Waals surface area contributed by atoms with Crippen LogP contribution in [0.4, 0.5) is 4.39 Å². The summed E-state index contributed by atoms with van der Waals surface area (Å²) in [6, 6.07) is 24.0. The number of hydrogen-bond acceptors (Lipinski definition) is 8. The number of aromatic nitrogens is 1. The quantitative estimate of drug-likeness (QED) is 0.196. The highest BCUT2D eigenvalue weighted by atomic mass is 32.1. The lowest BCUT2D eigenvalue weighted by atomic mass is 9.97. The molecule has 3 heterocycles. The largest absolute Gasteiger partial charge is 0.493 e. The number of methoxy groups -OCH3 is 1. The zero-order valence-electron chi connectivity index (χ0n) is 23.9. The van der Waals surface area contributed by atoms with Crippen LogP contribution in [0.3, 0.4) is 0 Å². The Labute approximate surface area is 260 Å². The Hall–Kier alpha value is -4.80. The van der Waals surface area contributed by atoms with E-state index < -0.39 is 12.0 Å². The number of nitrogens with zero attached hydrogens (tertiary/aromatic N) is 2. The first-order valence-electron chi connectivity index (χ1n) is 13.8. The number of benzene rings is 3. The van der Waals surface area contributed by atoms with Crippen LogP contribution in [0.15, 0.2) is 106 Å². The van der Waals surface area contributed by atoms with Crippen molar-refractivity contribution >= 4 is 40.4 Å². The summed E-state index contributed by atoms with van der Waals surface area (Å²) in [5.74, 6) is 0.181. The molecule has 0 fully saturated rings. The molecule has 222 valence electrons. The maximum absolute atomic E-state index is 14.0. The van der Waals surface area contributed by atoms with Gasteiger partial charge in [0, 0.05) is 10.4 Å². The van der Waals surface area contributed by atoms with Crippen molar-refractivity contribution in [2.45, 2.75) is 19.6 Å². The fourth-order valence-corrected chi connectivity index (χ4v) is 6.77. The zero-order valence-corrected chi connectivity index (χ0v) is 25.5. The van der Waals surface area contributed by atoms with Gasteiger partial charge in [0.2, 0.25) is 0 Å². The normalized spacial score (nSPS) is 14.6. The molecular weight excluding hydrogens is 600 g/mol. The molecule has 0 saturated heterocycles. The fraction of sp³-hybridized carbons (Fsp3) is 0.147. The van der Waals surface area contributed by atoms with Gasteiger partial charge in [-0.3, -0.25) is 9.36 Å². The summed E-state index contributed by atoms with van der Waals surface area (Å²) in [5.41, 5.74) is 2.84. The molecule has 0 bridgehead atoms. The van der Waals surface area contributed by atoms with Crippen LogP contribution in [0.1, 0.15) is 34.5 Å². The smallest absolute Gasteiger partial charge is 0.338 e. The van der Waals surface area contributed by atoms with E-state index >= 15 is 0 Å². The first-order valence-corrected chi connectivity index (χ1v) is 15.5. The third kappa shape index (κ3) is 5.86. The van der Waals surface area contributed by atoms with E-state index in [0.717, 1.165) is 21.6 Å². The Morgan fingerprint density at radius 1 is 1.02 bits per heavy atom. The first kappa shape index (κ1) is 29.3. The van der Waals surface area contributed by atoms with Crippen LogP contribution in [0.25, 0.3) is 11.8 Å². The lowest BCUT2D eigenvalue weighted by molar-refractivity contribution is -0.138. The Morgan fingerprint density at radius 3 is 2.52 bits per heavy atom. The van der Waals surface area contributed by atoms with Crippen molar-refractivity contribution < 1.29 is 23.4 Å². The second-order valence-electron chi connectivity index (χ2n) is 9.77. The predicted molar refractivity (Wildman–Crippen MR) is 169 cm³/mol. The number of thiophene rings is 1. The highest BCUT2D eigenvalue weighted by molar-refractivity contribution is 7.10. The van der Waals surface area contributed by atoms with Gasteiger partial charge in [-0.05, 0) is 59.8 Å². The third-order valence-corrected chi connectivity index (χ3v) is 8.89. The van der Waals surface area contributed by atoms with Crippen LogP contribution in [-0.2, 0) is 16.1 Å². The van der Waals surface area contributed by atoms with E-state index in [4.69, 9.17) is 19.2 Å². The van der Waals surface area contributed by atoms with E-state index in [1.807, 2.05) is 53.9 Å². The van der Waals surface area contributed by atoms with Crippen LogP contribution in [0, 0.1) is 5.82 Å². The van der Waals surface area contributed by atoms with Gasteiger partial charge in [-0.25, -0.2) is 14.2 Å². The predicted octanol–water partition coefficient (Wildman–Crippen LogP) is 5.72. The Morgan fingerprint density at radius 2 is 1.82 bits per heavy atom. The second kappa shape index (κ2) is 12.8. The molecule has 44 heavy (non-hydrogen) atoms. The van der Waals surface area contributed by atoms with Crippen LogP contribution in [-0.4, -0.2) is 24.3 Å². The first-order chi connectivity index (χ1) is 21.5. The summed E-state index contributed by atoms with van der Waals surface area (Å²) in [7, 11) is 1.54. The van der Waals surface area contributed by atoms with E-state index in [2.05, 4.69) is 0 Å². The second-order valence-corrected chi connectivity index (χ2v) is 11.8. The van der Waals surface area contributed by atoms with Crippen LogP contribution in [0.5, 0.6) is 11.5 Å². The number of carbonyl (C=O) groups is 1. The SMILES string of the molecule is CCOC(=O)C1=C(c2ccccc2)N=c2s/c(=C\c3ccc(OCc4ccc(F)cc4)c(OC)c3)c(=O)n2[C@@H]1c1cccs1. The van der Waals surface area contributed by atoms with E-state index in [1.165, 1.54) is 34.8 Å². The van der Waals surface area contributed by atoms with Crippen molar-refractivity contribution in [1.29, 1.82) is 0 Å². The van der Waals surface area contributed by atoms with Crippen molar-refractivity contribution in [2.75, 3.05) is 13.7 Å². The van der Waals surface area contributed by atoms with Crippen LogP contribution < -0.4 is 24.4 Å². The highest BCUT2D eigenvalue weighted by Crippen LogP contribution is 2.37. The molecule has 1 aliphatic rings. The van der Waals surface area contributed by atoms with Gasteiger partial charge < -0.3 is 14.2 Å². The van der Waals surface area contributed by atoms with Crippen molar-refractivity contribution in [3.8, 4) is 11.5 Å². The summed E-state index contributed by atoms with van der Waals surface area (Å²) in [5, 5.41) is 1.92. The summed E-state index contributed by atoms with van der Waals surface area (Å²) < 4.78 is 32.3. The van der Waals surface area contributed by atoms with Gasteiger partial charge >= 0.3 is 5.97 Å². The van der Waals surface area contributed by atoms with Gasteiger partial charge in [-0.2, -0.15) is 0 Å². The monoisotopic (exact) mass is 626 g/mol. The Bertz CT molecular complexity index is 2010. The number of halogens is 1. The van der Waals surface area contributed by atoms with E-state index in [9.17, 15) is 14.0 Å². The van der Waals surface area contributed by atoms with E-state index in [-0.39, 0.29) is 24.6 Å². The summed E-state index contributed by atoms with van der Waals surface area (Å²) >= 11 is 2.72. The summed E-state index contributed by atoms with van der Waals surface area (Å²) in [4.78, 5) is 33.7. The van der Waals surface area contributed by atoms with Crippen molar-refractivity contribution in [1.82, 2.24) is 4.57 Å². The molecule has 0 radical (unpaired) electrons. The van der Waals surface area contributed by atoms with E-state index in [0.29, 0.717) is 32.1 Å². The molecule has 0 N–H and O–H groups in total. The molecule has 1 atom stereocenters. The van der Waals surface area contributed by atoms with Gasteiger partial charge in [-0.1, -0.05) is 65.9 Å². The minimum Gasteiger partial charge on any atom is -0.493 e. The van der Waals surface area contributed by atoms with Gasteiger partial charge in [0.1, 0.15) is 18.5 Å². The number of hydrogen-bond donors (Lipinski definition) is 0. The van der Waals surface area contributed by atoms with Crippen molar-refractivity contribution in [3.63, 3.8) is 0 Å². The summed E-state index contributed by atoms with van der Waals surface area (Å²) in [6.45, 7) is 2.19. The maximum Gasteiger partial charge on any atom is 0.338 e.